The molecule has 0 heterocycles. The second kappa shape index (κ2) is 5.08. The molecule has 0 bridgehead atoms. The third-order valence-corrected chi connectivity index (χ3v) is 2.24. The molecule has 1 unspecified atom stereocenters. The number of esters is 1. The molecule has 14 heavy (non-hydrogen) atoms. The Kier molecular flexibility index (Phi) is 4.04. The van der Waals surface area contributed by atoms with E-state index in [1.807, 2.05) is 0 Å². The van der Waals surface area contributed by atoms with E-state index in [1.54, 1.807) is 6.92 Å². The molecule has 4 heteroatoms. The second-order valence-electron chi connectivity index (χ2n) is 3.37. The molecule has 1 saturated carbocycles. The van der Waals surface area contributed by atoms with Crippen molar-refractivity contribution in [1.29, 1.82) is 0 Å². The van der Waals surface area contributed by atoms with Gasteiger partial charge in [-0.3, -0.25) is 0 Å². The lowest BCUT2D eigenvalue weighted by atomic mass is 10.1. The zero-order valence-electron chi connectivity index (χ0n) is 8.08. The first-order valence-electron chi connectivity index (χ1n) is 4.76. The highest BCUT2D eigenvalue weighted by molar-refractivity contribution is 5.81. The lowest BCUT2D eigenvalue weighted by molar-refractivity contribution is -0.137. The van der Waals surface area contributed by atoms with Crippen LogP contribution in [0.25, 0.3) is 0 Å². The fourth-order valence-electron chi connectivity index (χ4n) is 1.53. The Morgan fingerprint density at radius 3 is 2.50 bits per heavy atom. The van der Waals surface area contributed by atoms with Gasteiger partial charge in [0, 0.05) is 6.08 Å². The van der Waals surface area contributed by atoms with Crippen LogP contribution in [-0.2, 0) is 9.53 Å². The molecule has 0 aromatic heterocycles. The number of rotatable bonds is 3. The number of halogens is 2. The number of alkyl halides is 2. The van der Waals surface area contributed by atoms with Crippen molar-refractivity contribution in [3.05, 3.63) is 12.2 Å². The number of allylic oxidation sites excluding steroid dienone is 1. The maximum Gasteiger partial charge on any atom is 0.330 e. The number of hydrogen-bond acceptors (Lipinski definition) is 2. The van der Waals surface area contributed by atoms with Gasteiger partial charge in [0.2, 0.25) is 0 Å². The summed E-state index contributed by atoms with van der Waals surface area (Å²) in [6.45, 7) is 2.02. The molecular weight excluding hydrogens is 190 g/mol. The summed E-state index contributed by atoms with van der Waals surface area (Å²) in [6, 6.07) is 0. The van der Waals surface area contributed by atoms with Gasteiger partial charge in [0.1, 0.15) is 12.3 Å². The third-order valence-electron chi connectivity index (χ3n) is 2.24. The summed E-state index contributed by atoms with van der Waals surface area (Å²) in [6.07, 6.45) is 0.343. The zero-order valence-corrected chi connectivity index (χ0v) is 8.08. The maximum absolute atomic E-state index is 12.7. The first-order valence-corrected chi connectivity index (χ1v) is 4.76. The molecule has 2 nitrogen and oxygen atoms in total. The first kappa shape index (κ1) is 11.1. The summed E-state index contributed by atoms with van der Waals surface area (Å²) in [5.74, 6) is -0.630. The van der Waals surface area contributed by atoms with E-state index >= 15 is 0 Å². The molecule has 80 valence electrons. The van der Waals surface area contributed by atoms with Gasteiger partial charge in [-0.1, -0.05) is 6.08 Å². The summed E-state index contributed by atoms with van der Waals surface area (Å²) < 4.78 is 30.1. The first-order chi connectivity index (χ1) is 6.63. The SMILES string of the molecule is CCOC(=O)/C=C\C1C[C@@H](F)[C@@H](F)C1. The standard InChI is InChI=1S/C10H14F2O2/c1-2-14-10(13)4-3-7-5-8(11)9(12)6-7/h3-4,7-9H,2,5-6H2,1H3/b4-3-/t7?,8-,9+. The molecule has 0 spiro atoms. The molecule has 1 aliphatic carbocycles. The van der Waals surface area contributed by atoms with E-state index in [-0.39, 0.29) is 18.8 Å². The van der Waals surface area contributed by atoms with Crippen LogP contribution < -0.4 is 0 Å². The van der Waals surface area contributed by atoms with Gasteiger partial charge in [-0.25, -0.2) is 13.6 Å². The third kappa shape index (κ3) is 3.09. The van der Waals surface area contributed by atoms with Crippen LogP contribution in [0.1, 0.15) is 19.8 Å². The summed E-state index contributed by atoms with van der Waals surface area (Å²) in [7, 11) is 0. The highest BCUT2D eigenvalue weighted by Crippen LogP contribution is 2.31. The minimum absolute atomic E-state index is 0.164. The van der Waals surface area contributed by atoms with Gasteiger partial charge >= 0.3 is 5.97 Å². The number of hydrogen-bond donors (Lipinski definition) is 0. The van der Waals surface area contributed by atoms with Crippen molar-refractivity contribution in [2.45, 2.75) is 32.1 Å². The van der Waals surface area contributed by atoms with Gasteiger partial charge in [-0.05, 0) is 25.7 Å². The highest BCUT2D eigenvalue weighted by Gasteiger charge is 2.32. The average Bonchev–Trinajstić information content (AvgIpc) is 2.44. The van der Waals surface area contributed by atoms with Crippen LogP contribution >= 0.6 is 0 Å². The number of carbonyl (C=O) groups is 1. The Balaban J connectivity index is 2.35. The molecule has 0 saturated heterocycles. The van der Waals surface area contributed by atoms with Gasteiger partial charge in [0.05, 0.1) is 6.61 Å². The molecule has 1 fully saturated rings. The monoisotopic (exact) mass is 204 g/mol. The van der Waals surface area contributed by atoms with Crippen LogP contribution in [0.5, 0.6) is 0 Å². The highest BCUT2D eigenvalue weighted by atomic mass is 19.2. The molecule has 1 aliphatic rings. The van der Waals surface area contributed by atoms with Crippen molar-refractivity contribution in [1.82, 2.24) is 0 Å². The van der Waals surface area contributed by atoms with Gasteiger partial charge in [0.15, 0.2) is 0 Å². The molecule has 1 rings (SSSR count). The summed E-state index contributed by atoms with van der Waals surface area (Å²) in [5, 5.41) is 0. The Morgan fingerprint density at radius 1 is 1.43 bits per heavy atom. The summed E-state index contributed by atoms with van der Waals surface area (Å²) >= 11 is 0. The Morgan fingerprint density at radius 2 is 2.00 bits per heavy atom. The molecule has 0 aromatic carbocycles. The Hall–Kier alpha value is -0.930. The van der Waals surface area contributed by atoms with E-state index < -0.39 is 18.3 Å². The molecule has 0 N–H and O–H groups in total. The average molecular weight is 204 g/mol. The minimum atomic E-state index is -1.38. The second-order valence-corrected chi connectivity index (χ2v) is 3.37. The van der Waals surface area contributed by atoms with Gasteiger partial charge in [-0.15, -0.1) is 0 Å². The van der Waals surface area contributed by atoms with Gasteiger partial charge < -0.3 is 4.74 Å². The van der Waals surface area contributed by atoms with Crippen molar-refractivity contribution in [2.24, 2.45) is 5.92 Å². The van der Waals surface area contributed by atoms with E-state index in [2.05, 4.69) is 4.74 Å². The summed E-state index contributed by atoms with van der Waals surface area (Å²) in [4.78, 5) is 10.9. The molecule has 0 aliphatic heterocycles. The lowest BCUT2D eigenvalue weighted by Gasteiger charge is -1.99. The number of carbonyl (C=O) groups excluding carboxylic acids is 1. The number of ether oxygens (including phenoxy) is 1. The maximum atomic E-state index is 12.7. The van der Waals surface area contributed by atoms with Crippen LogP contribution in [0.15, 0.2) is 12.2 Å². The van der Waals surface area contributed by atoms with Crippen LogP contribution in [0.2, 0.25) is 0 Å². The normalized spacial score (nSPS) is 32.4. The Labute approximate surface area is 81.9 Å². The van der Waals surface area contributed by atoms with Crippen LogP contribution in [0, 0.1) is 5.92 Å². The molecular formula is C10H14F2O2. The van der Waals surface area contributed by atoms with Crippen molar-refractivity contribution in [2.75, 3.05) is 6.61 Å². The fraction of sp³-hybridized carbons (Fsp3) is 0.700. The smallest absolute Gasteiger partial charge is 0.330 e. The quantitative estimate of drug-likeness (QED) is 0.520. The topological polar surface area (TPSA) is 26.3 Å². The van der Waals surface area contributed by atoms with Crippen molar-refractivity contribution in [3.8, 4) is 0 Å². The van der Waals surface area contributed by atoms with Gasteiger partial charge in [-0.2, -0.15) is 0 Å². The van der Waals surface area contributed by atoms with E-state index in [1.165, 1.54) is 12.2 Å². The fourth-order valence-corrected chi connectivity index (χ4v) is 1.53. The van der Waals surface area contributed by atoms with E-state index in [0.29, 0.717) is 6.61 Å². The molecule has 3 atom stereocenters. The zero-order chi connectivity index (χ0) is 10.6. The van der Waals surface area contributed by atoms with E-state index in [0.717, 1.165) is 0 Å². The van der Waals surface area contributed by atoms with E-state index in [4.69, 9.17) is 0 Å². The van der Waals surface area contributed by atoms with Gasteiger partial charge in [0.25, 0.3) is 0 Å². The van der Waals surface area contributed by atoms with Crippen molar-refractivity contribution < 1.29 is 18.3 Å². The predicted octanol–water partition coefficient (Wildman–Crippen LogP) is 2.19. The largest absolute Gasteiger partial charge is 0.463 e. The van der Waals surface area contributed by atoms with Crippen molar-refractivity contribution >= 4 is 5.97 Å². The molecule has 0 aromatic rings. The summed E-state index contributed by atoms with van der Waals surface area (Å²) in [5.41, 5.74) is 0. The minimum Gasteiger partial charge on any atom is -0.463 e. The van der Waals surface area contributed by atoms with Crippen LogP contribution in [0.4, 0.5) is 8.78 Å². The lowest BCUT2D eigenvalue weighted by Crippen LogP contribution is -2.06. The molecule has 0 radical (unpaired) electrons. The van der Waals surface area contributed by atoms with Crippen LogP contribution in [0.3, 0.4) is 0 Å². The van der Waals surface area contributed by atoms with E-state index in [9.17, 15) is 13.6 Å². The van der Waals surface area contributed by atoms with Crippen molar-refractivity contribution in [3.63, 3.8) is 0 Å². The predicted molar refractivity (Wildman–Crippen MR) is 48.3 cm³/mol. The molecule has 0 amide bonds. The van der Waals surface area contributed by atoms with Crippen LogP contribution in [-0.4, -0.2) is 24.9 Å². The Bertz CT molecular complexity index is 218.